The first-order valence-electron chi connectivity index (χ1n) is 9.27. The minimum Gasteiger partial charge on any atom is -0.345 e. The van der Waals surface area contributed by atoms with Crippen molar-refractivity contribution in [3.8, 4) is 0 Å². The minimum atomic E-state index is -0.303. The summed E-state index contributed by atoms with van der Waals surface area (Å²) in [5, 5.41) is 7.23. The van der Waals surface area contributed by atoms with Gasteiger partial charge in [0.2, 0.25) is 0 Å². The molecule has 4 rings (SSSR count). The third-order valence-corrected chi connectivity index (χ3v) is 5.47. The largest absolute Gasteiger partial charge is 0.345 e. The molecule has 0 bridgehead atoms. The number of fused-ring (bicyclic) bond motifs is 1. The predicted octanol–water partition coefficient (Wildman–Crippen LogP) is 2.11. The fourth-order valence-corrected chi connectivity index (χ4v) is 3.87. The summed E-state index contributed by atoms with van der Waals surface area (Å²) in [5.74, 6) is -0.213. The SMILES string of the molecule is O=C(N[C@H]1CC[C@H]1NC1CCCCC1)c1nc2ccccc2c(=O)[nH]1. The molecule has 0 spiro atoms. The molecule has 2 aliphatic carbocycles. The van der Waals surface area contributed by atoms with Crippen molar-refractivity contribution in [2.45, 2.75) is 63.1 Å². The second-order valence-electron chi connectivity index (χ2n) is 7.20. The summed E-state index contributed by atoms with van der Waals surface area (Å²) in [6.45, 7) is 0. The molecule has 2 fully saturated rings. The molecule has 1 aromatic carbocycles. The van der Waals surface area contributed by atoms with Crippen molar-refractivity contribution in [3.63, 3.8) is 0 Å². The van der Waals surface area contributed by atoms with Gasteiger partial charge in [0.15, 0.2) is 5.82 Å². The van der Waals surface area contributed by atoms with Gasteiger partial charge in [0.1, 0.15) is 0 Å². The number of carbonyl (C=O) groups excluding carboxylic acids is 1. The smallest absolute Gasteiger partial charge is 0.287 e. The molecule has 0 saturated heterocycles. The van der Waals surface area contributed by atoms with Crippen LogP contribution in [0.5, 0.6) is 0 Å². The lowest BCUT2D eigenvalue weighted by Crippen LogP contribution is -2.59. The zero-order valence-electron chi connectivity index (χ0n) is 14.3. The molecule has 0 unspecified atom stereocenters. The van der Waals surface area contributed by atoms with Gasteiger partial charge in [-0.2, -0.15) is 0 Å². The van der Waals surface area contributed by atoms with E-state index in [4.69, 9.17) is 0 Å². The Morgan fingerprint density at radius 1 is 1.04 bits per heavy atom. The Balaban J connectivity index is 1.42. The van der Waals surface area contributed by atoms with Gasteiger partial charge in [0.05, 0.1) is 10.9 Å². The number of nitrogens with zero attached hydrogens (tertiary/aromatic N) is 1. The van der Waals surface area contributed by atoms with E-state index >= 15 is 0 Å². The molecule has 3 N–H and O–H groups in total. The molecule has 0 aliphatic heterocycles. The third kappa shape index (κ3) is 3.44. The lowest BCUT2D eigenvalue weighted by atomic mass is 9.84. The number of aromatic nitrogens is 2. The Kier molecular flexibility index (Phi) is 4.53. The second-order valence-corrected chi connectivity index (χ2v) is 7.20. The average Bonchev–Trinajstić information content (AvgIpc) is 2.64. The Morgan fingerprint density at radius 2 is 1.80 bits per heavy atom. The second kappa shape index (κ2) is 6.96. The quantitative estimate of drug-likeness (QED) is 0.795. The number of hydrogen-bond acceptors (Lipinski definition) is 4. The zero-order valence-corrected chi connectivity index (χ0v) is 14.3. The molecule has 2 atom stereocenters. The van der Waals surface area contributed by atoms with Crippen molar-refractivity contribution in [1.29, 1.82) is 0 Å². The van der Waals surface area contributed by atoms with E-state index < -0.39 is 0 Å². The average molecular weight is 340 g/mol. The zero-order chi connectivity index (χ0) is 17.2. The highest BCUT2D eigenvalue weighted by molar-refractivity contribution is 5.92. The first-order valence-corrected chi connectivity index (χ1v) is 9.27. The maximum atomic E-state index is 12.5. The van der Waals surface area contributed by atoms with Gasteiger partial charge in [0, 0.05) is 18.1 Å². The number of amides is 1. The summed E-state index contributed by atoms with van der Waals surface area (Å²) in [7, 11) is 0. The summed E-state index contributed by atoms with van der Waals surface area (Å²) in [6, 6.07) is 8.08. The highest BCUT2D eigenvalue weighted by atomic mass is 16.2. The van der Waals surface area contributed by atoms with Crippen molar-refractivity contribution >= 4 is 16.8 Å². The Hall–Kier alpha value is -2.21. The summed E-state index contributed by atoms with van der Waals surface area (Å²) < 4.78 is 0. The molecule has 25 heavy (non-hydrogen) atoms. The molecule has 2 aliphatic rings. The predicted molar refractivity (Wildman–Crippen MR) is 96.6 cm³/mol. The normalized spacial score (nSPS) is 24.0. The van der Waals surface area contributed by atoms with Gasteiger partial charge in [-0.15, -0.1) is 0 Å². The summed E-state index contributed by atoms with van der Waals surface area (Å²) in [6.07, 6.45) is 8.45. The molecule has 2 saturated carbocycles. The number of carbonyl (C=O) groups is 1. The van der Waals surface area contributed by atoms with Gasteiger partial charge in [0.25, 0.3) is 11.5 Å². The lowest BCUT2D eigenvalue weighted by Gasteiger charge is -2.40. The van der Waals surface area contributed by atoms with Gasteiger partial charge in [-0.25, -0.2) is 4.98 Å². The van der Waals surface area contributed by atoms with Crippen LogP contribution >= 0.6 is 0 Å². The lowest BCUT2D eigenvalue weighted by molar-refractivity contribution is 0.0875. The number of para-hydroxylation sites is 1. The molecular formula is C19H24N4O2. The maximum Gasteiger partial charge on any atom is 0.287 e. The van der Waals surface area contributed by atoms with Crippen LogP contribution in [0.2, 0.25) is 0 Å². The molecular weight excluding hydrogens is 316 g/mol. The number of benzene rings is 1. The van der Waals surface area contributed by atoms with Gasteiger partial charge >= 0.3 is 0 Å². The third-order valence-electron chi connectivity index (χ3n) is 5.47. The molecule has 6 heteroatoms. The van der Waals surface area contributed by atoms with E-state index in [2.05, 4.69) is 20.6 Å². The summed E-state index contributed by atoms with van der Waals surface area (Å²) in [4.78, 5) is 31.5. The molecule has 6 nitrogen and oxygen atoms in total. The minimum absolute atomic E-state index is 0.0898. The fraction of sp³-hybridized carbons (Fsp3) is 0.526. The molecule has 132 valence electrons. The monoisotopic (exact) mass is 340 g/mol. The Bertz CT molecular complexity index is 826. The van der Waals surface area contributed by atoms with E-state index in [1.807, 2.05) is 6.07 Å². The first kappa shape index (κ1) is 16.3. The van der Waals surface area contributed by atoms with Crippen molar-refractivity contribution in [2.75, 3.05) is 0 Å². The van der Waals surface area contributed by atoms with E-state index in [1.165, 1.54) is 32.1 Å². The van der Waals surface area contributed by atoms with Crippen LogP contribution in [0.25, 0.3) is 10.9 Å². The molecule has 1 amide bonds. The van der Waals surface area contributed by atoms with E-state index in [-0.39, 0.29) is 23.3 Å². The van der Waals surface area contributed by atoms with E-state index in [0.29, 0.717) is 23.0 Å². The standard InChI is InChI=1S/C19H24N4O2/c24-18-13-8-4-5-9-14(13)21-17(23-18)19(25)22-16-11-10-15(16)20-12-6-2-1-3-7-12/h4-5,8-9,12,15-16,20H,1-3,6-7,10-11H2,(H,22,25)(H,21,23,24)/t15-,16+/m1/s1. The number of aromatic amines is 1. The van der Waals surface area contributed by atoms with E-state index in [9.17, 15) is 9.59 Å². The summed E-state index contributed by atoms with van der Waals surface area (Å²) >= 11 is 0. The van der Waals surface area contributed by atoms with Gasteiger partial charge in [-0.3, -0.25) is 9.59 Å². The number of H-pyrrole nitrogens is 1. The number of rotatable bonds is 4. The van der Waals surface area contributed by atoms with Gasteiger partial charge in [-0.1, -0.05) is 31.4 Å². The van der Waals surface area contributed by atoms with Gasteiger partial charge in [-0.05, 0) is 37.8 Å². The van der Waals surface area contributed by atoms with Crippen LogP contribution in [0.3, 0.4) is 0 Å². The van der Waals surface area contributed by atoms with Crippen LogP contribution in [-0.2, 0) is 0 Å². The number of hydrogen-bond donors (Lipinski definition) is 3. The first-order chi connectivity index (χ1) is 12.2. The molecule has 0 radical (unpaired) electrons. The maximum absolute atomic E-state index is 12.5. The van der Waals surface area contributed by atoms with Crippen molar-refractivity contribution in [2.24, 2.45) is 0 Å². The molecule has 1 aromatic heterocycles. The van der Waals surface area contributed by atoms with E-state index in [0.717, 1.165) is 12.8 Å². The molecule has 2 aromatic rings. The fourth-order valence-electron chi connectivity index (χ4n) is 3.87. The molecule has 1 heterocycles. The highest BCUT2D eigenvalue weighted by Crippen LogP contribution is 2.24. The van der Waals surface area contributed by atoms with Crippen molar-refractivity contribution in [1.82, 2.24) is 20.6 Å². The highest BCUT2D eigenvalue weighted by Gasteiger charge is 2.34. The van der Waals surface area contributed by atoms with Crippen LogP contribution in [0.1, 0.15) is 55.6 Å². The van der Waals surface area contributed by atoms with Crippen LogP contribution in [0.15, 0.2) is 29.1 Å². The number of nitrogens with one attached hydrogen (secondary N) is 3. The Morgan fingerprint density at radius 3 is 2.56 bits per heavy atom. The van der Waals surface area contributed by atoms with Crippen LogP contribution in [0, 0.1) is 0 Å². The topological polar surface area (TPSA) is 86.9 Å². The van der Waals surface area contributed by atoms with Crippen LogP contribution < -0.4 is 16.2 Å². The van der Waals surface area contributed by atoms with Crippen LogP contribution in [0.4, 0.5) is 0 Å². The van der Waals surface area contributed by atoms with E-state index in [1.54, 1.807) is 18.2 Å². The van der Waals surface area contributed by atoms with Crippen molar-refractivity contribution in [3.05, 3.63) is 40.4 Å². The summed E-state index contributed by atoms with van der Waals surface area (Å²) in [5.41, 5.74) is 0.267. The van der Waals surface area contributed by atoms with Gasteiger partial charge < -0.3 is 15.6 Å². The Labute approximate surface area is 146 Å². The van der Waals surface area contributed by atoms with Crippen LogP contribution in [-0.4, -0.2) is 34.0 Å². The van der Waals surface area contributed by atoms with Crippen molar-refractivity contribution < 1.29 is 4.79 Å².